The molecule has 4 rings (SSSR count). The highest BCUT2D eigenvalue weighted by Crippen LogP contribution is 2.26. The number of non-ortho nitro benzene ring substituents is 1. The Morgan fingerprint density at radius 3 is 2.35 bits per heavy atom. The molecule has 0 fully saturated rings. The first kappa shape index (κ1) is 20.0. The van der Waals surface area contributed by atoms with E-state index in [4.69, 9.17) is 5.10 Å². The lowest BCUT2D eigenvalue weighted by Crippen LogP contribution is -2.23. The number of nitrogens with one attached hydrogen (secondary N) is 1. The molecule has 1 amide bonds. The van der Waals surface area contributed by atoms with Gasteiger partial charge in [-0.05, 0) is 30.2 Å². The lowest BCUT2D eigenvalue weighted by molar-refractivity contribution is -0.384. The number of aryl methyl sites for hydroxylation is 1. The molecular weight excluding hydrogens is 392 g/mol. The summed E-state index contributed by atoms with van der Waals surface area (Å²) in [6, 6.07) is 23.5. The molecule has 7 nitrogen and oxygen atoms in total. The Morgan fingerprint density at radius 1 is 1.00 bits per heavy atom. The van der Waals surface area contributed by atoms with Crippen LogP contribution < -0.4 is 5.32 Å². The molecule has 0 aliphatic carbocycles. The number of nitro benzene ring substituents is 1. The fourth-order valence-corrected chi connectivity index (χ4v) is 3.30. The number of nitrogens with zero attached hydrogens (tertiary/aromatic N) is 3. The normalized spacial score (nSPS) is 10.6. The monoisotopic (exact) mass is 412 g/mol. The standard InChI is InChI=1S/C24H20N4O3/c1-17-7-5-6-10-21(17)23-22(16-27(26-23)19-8-3-2-4-9-19)24(29)25-15-18-11-13-20(14-12-18)28(30)31/h2-14,16H,15H2,1H3,(H,25,29). The number of aromatic nitrogens is 2. The molecule has 0 bridgehead atoms. The Bertz CT molecular complexity index is 1230. The highest BCUT2D eigenvalue weighted by Gasteiger charge is 2.19. The maximum absolute atomic E-state index is 13.1. The maximum atomic E-state index is 13.1. The Kier molecular flexibility index (Phi) is 5.57. The van der Waals surface area contributed by atoms with Gasteiger partial charge in [-0.1, -0.05) is 54.6 Å². The molecule has 31 heavy (non-hydrogen) atoms. The molecule has 4 aromatic rings. The van der Waals surface area contributed by atoms with Gasteiger partial charge in [0, 0.05) is 30.4 Å². The Hall–Kier alpha value is -4.26. The van der Waals surface area contributed by atoms with Gasteiger partial charge in [0.2, 0.25) is 0 Å². The molecule has 1 N–H and O–H groups in total. The number of rotatable bonds is 6. The summed E-state index contributed by atoms with van der Waals surface area (Å²) < 4.78 is 1.70. The van der Waals surface area contributed by atoms with Gasteiger partial charge in [-0.2, -0.15) is 5.10 Å². The largest absolute Gasteiger partial charge is 0.348 e. The van der Waals surface area contributed by atoms with E-state index in [0.717, 1.165) is 22.4 Å². The summed E-state index contributed by atoms with van der Waals surface area (Å²) in [4.78, 5) is 23.4. The SMILES string of the molecule is Cc1ccccc1-c1nn(-c2ccccc2)cc1C(=O)NCc1ccc([N+](=O)[O-])cc1. The predicted octanol–water partition coefficient (Wildman–Crippen LogP) is 4.69. The van der Waals surface area contributed by atoms with Crippen molar-refractivity contribution in [3.63, 3.8) is 0 Å². The highest BCUT2D eigenvalue weighted by molar-refractivity contribution is 6.00. The Morgan fingerprint density at radius 2 is 1.68 bits per heavy atom. The van der Waals surface area contributed by atoms with Gasteiger partial charge in [0.25, 0.3) is 11.6 Å². The van der Waals surface area contributed by atoms with Crippen LogP contribution >= 0.6 is 0 Å². The van der Waals surface area contributed by atoms with Crippen LogP contribution in [-0.4, -0.2) is 20.6 Å². The summed E-state index contributed by atoms with van der Waals surface area (Å²) in [5.41, 5.74) is 4.60. The van der Waals surface area contributed by atoms with Gasteiger partial charge in [-0.15, -0.1) is 0 Å². The summed E-state index contributed by atoms with van der Waals surface area (Å²) in [7, 11) is 0. The van der Waals surface area contributed by atoms with Crippen LogP contribution in [0, 0.1) is 17.0 Å². The first-order valence-corrected chi connectivity index (χ1v) is 9.75. The van der Waals surface area contributed by atoms with Crippen LogP contribution in [0.2, 0.25) is 0 Å². The van der Waals surface area contributed by atoms with Gasteiger partial charge >= 0.3 is 0 Å². The summed E-state index contributed by atoms with van der Waals surface area (Å²) in [5.74, 6) is -0.265. The number of para-hydroxylation sites is 1. The van der Waals surface area contributed by atoms with Gasteiger partial charge in [0.15, 0.2) is 0 Å². The van der Waals surface area contributed by atoms with E-state index in [-0.39, 0.29) is 18.1 Å². The number of amides is 1. The summed E-state index contributed by atoms with van der Waals surface area (Å²) in [5, 5.41) is 18.4. The fraction of sp³-hybridized carbons (Fsp3) is 0.0833. The molecule has 7 heteroatoms. The van der Waals surface area contributed by atoms with Crippen molar-refractivity contribution in [2.45, 2.75) is 13.5 Å². The third-order valence-electron chi connectivity index (χ3n) is 4.98. The molecule has 0 aliphatic heterocycles. The molecule has 0 radical (unpaired) electrons. The zero-order valence-corrected chi connectivity index (χ0v) is 16.9. The third kappa shape index (κ3) is 4.35. The van der Waals surface area contributed by atoms with Crippen molar-refractivity contribution in [1.29, 1.82) is 0 Å². The molecule has 0 atom stereocenters. The van der Waals surface area contributed by atoms with E-state index in [9.17, 15) is 14.9 Å². The average molecular weight is 412 g/mol. The number of carbonyl (C=O) groups is 1. The third-order valence-corrected chi connectivity index (χ3v) is 4.98. The second-order valence-corrected chi connectivity index (χ2v) is 7.09. The van der Waals surface area contributed by atoms with E-state index in [1.807, 2.05) is 61.5 Å². The van der Waals surface area contributed by atoms with E-state index in [2.05, 4.69) is 5.32 Å². The van der Waals surface area contributed by atoms with Crippen molar-refractivity contribution in [2.75, 3.05) is 0 Å². The van der Waals surface area contributed by atoms with E-state index >= 15 is 0 Å². The molecule has 0 spiro atoms. The van der Waals surface area contributed by atoms with Crippen molar-refractivity contribution >= 4 is 11.6 Å². The molecule has 1 aromatic heterocycles. The molecule has 0 saturated heterocycles. The minimum absolute atomic E-state index is 0.0149. The number of hydrogen-bond acceptors (Lipinski definition) is 4. The second kappa shape index (κ2) is 8.62. The minimum Gasteiger partial charge on any atom is -0.348 e. The van der Waals surface area contributed by atoms with E-state index < -0.39 is 4.92 Å². The van der Waals surface area contributed by atoms with Crippen LogP contribution in [0.1, 0.15) is 21.5 Å². The highest BCUT2D eigenvalue weighted by atomic mass is 16.6. The van der Waals surface area contributed by atoms with E-state index in [1.54, 1.807) is 23.0 Å². The van der Waals surface area contributed by atoms with Crippen LogP contribution in [0.4, 0.5) is 5.69 Å². The van der Waals surface area contributed by atoms with Crippen LogP contribution in [0.15, 0.2) is 85.1 Å². The smallest absolute Gasteiger partial charge is 0.269 e. The van der Waals surface area contributed by atoms with Crippen molar-refractivity contribution < 1.29 is 9.72 Å². The molecule has 0 unspecified atom stereocenters. The molecule has 1 heterocycles. The van der Waals surface area contributed by atoms with Gasteiger partial charge < -0.3 is 5.32 Å². The number of hydrogen-bond donors (Lipinski definition) is 1. The molecule has 0 saturated carbocycles. The molecule has 3 aromatic carbocycles. The average Bonchev–Trinajstić information content (AvgIpc) is 3.24. The van der Waals surface area contributed by atoms with Crippen LogP contribution in [0.5, 0.6) is 0 Å². The number of nitro groups is 1. The van der Waals surface area contributed by atoms with Gasteiger partial charge in [0.1, 0.15) is 5.69 Å². The van der Waals surface area contributed by atoms with E-state index in [1.165, 1.54) is 12.1 Å². The summed E-state index contributed by atoms with van der Waals surface area (Å²) in [6.07, 6.45) is 1.72. The van der Waals surface area contributed by atoms with Gasteiger partial charge in [-0.3, -0.25) is 14.9 Å². The lowest BCUT2D eigenvalue weighted by atomic mass is 10.0. The van der Waals surface area contributed by atoms with Crippen LogP contribution in [-0.2, 0) is 6.54 Å². The van der Waals surface area contributed by atoms with E-state index in [0.29, 0.717) is 11.3 Å². The minimum atomic E-state index is -0.450. The van der Waals surface area contributed by atoms with Crippen molar-refractivity contribution in [1.82, 2.24) is 15.1 Å². The van der Waals surface area contributed by atoms with Crippen molar-refractivity contribution in [2.24, 2.45) is 0 Å². The predicted molar refractivity (Wildman–Crippen MR) is 118 cm³/mol. The zero-order chi connectivity index (χ0) is 21.8. The Balaban J connectivity index is 1.64. The summed E-state index contributed by atoms with van der Waals surface area (Å²) in [6.45, 7) is 2.23. The fourth-order valence-electron chi connectivity index (χ4n) is 3.30. The molecule has 0 aliphatic rings. The topological polar surface area (TPSA) is 90.1 Å². The van der Waals surface area contributed by atoms with Crippen molar-refractivity contribution in [3.05, 3.63) is 112 Å². The first-order valence-electron chi connectivity index (χ1n) is 9.75. The van der Waals surface area contributed by atoms with Crippen molar-refractivity contribution in [3.8, 4) is 16.9 Å². The quantitative estimate of drug-likeness (QED) is 0.368. The summed E-state index contributed by atoms with van der Waals surface area (Å²) >= 11 is 0. The lowest BCUT2D eigenvalue weighted by Gasteiger charge is -2.07. The first-order chi connectivity index (χ1) is 15.0. The number of carbonyl (C=O) groups excluding carboxylic acids is 1. The molecule has 154 valence electrons. The van der Waals surface area contributed by atoms with Crippen LogP contribution in [0.25, 0.3) is 16.9 Å². The number of benzene rings is 3. The van der Waals surface area contributed by atoms with Gasteiger partial charge in [-0.25, -0.2) is 4.68 Å². The maximum Gasteiger partial charge on any atom is 0.269 e. The Labute approximate surface area is 179 Å². The zero-order valence-electron chi connectivity index (χ0n) is 16.9. The van der Waals surface area contributed by atoms with Crippen LogP contribution in [0.3, 0.4) is 0 Å². The molecular formula is C24H20N4O3. The second-order valence-electron chi connectivity index (χ2n) is 7.09. The van der Waals surface area contributed by atoms with Gasteiger partial charge in [0.05, 0.1) is 16.2 Å².